The van der Waals surface area contributed by atoms with Crippen molar-refractivity contribution in [2.45, 2.75) is 38.9 Å². The highest BCUT2D eigenvalue weighted by molar-refractivity contribution is 4.43. The second kappa shape index (κ2) is 44.8. The summed E-state index contributed by atoms with van der Waals surface area (Å²) in [7, 11) is 0. The maximum atomic E-state index is 8.42. The molecule has 0 saturated heterocycles. The smallest absolute Gasteiger partial charge is 0.0768 e. The summed E-state index contributed by atoms with van der Waals surface area (Å²) in [5, 5.41) is 79.7. The van der Waals surface area contributed by atoms with Crippen molar-refractivity contribution in [1.29, 1.82) is 0 Å². The third-order valence-electron chi connectivity index (χ3n) is 1.83. The molecular weight excluding hydrogens is 368 g/mol. The van der Waals surface area contributed by atoms with Crippen molar-refractivity contribution in [2.24, 2.45) is 0 Å². The molecule has 11 heteroatoms. The molecule has 0 aromatic carbocycles. The number of hydrogen-bond acceptors (Lipinski definition) is 11. The number of aliphatic hydroxyl groups is 10. The topological polar surface area (TPSA) is 212 Å². The summed E-state index contributed by atoms with van der Waals surface area (Å²) in [6.07, 6.45) is 0.0660. The van der Waals surface area contributed by atoms with Crippen LogP contribution >= 0.6 is 0 Å². The Morgan fingerprint density at radius 1 is 0.630 bits per heavy atom. The first-order valence-corrected chi connectivity index (χ1v) is 8.63. The molecule has 0 heterocycles. The summed E-state index contributed by atoms with van der Waals surface area (Å²) in [6, 6.07) is 0. The second-order valence-corrected chi connectivity index (χ2v) is 4.58. The third-order valence-corrected chi connectivity index (χ3v) is 1.83. The molecule has 10 N–H and O–H groups in total. The minimum Gasteiger partial charge on any atom is -0.396 e. The Morgan fingerprint density at radius 3 is 1.07 bits per heavy atom. The first-order valence-electron chi connectivity index (χ1n) is 8.63. The van der Waals surface area contributed by atoms with Crippen molar-refractivity contribution in [3.05, 3.63) is 0 Å². The quantitative estimate of drug-likeness (QED) is 0.159. The fourth-order valence-electron chi connectivity index (χ4n) is 0.431. The minimum atomic E-state index is -0.560. The number of ether oxygens (including phenoxy) is 1. The van der Waals surface area contributed by atoms with Crippen LogP contribution in [0.4, 0.5) is 0 Å². The fraction of sp³-hybridized carbons (Fsp3) is 1.00. The van der Waals surface area contributed by atoms with E-state index in [1.165, 1.54) is 6.92 Å². The van der Waals surface area contributed by atoms with Crippen LogP contribution in [-0.2, 0) is 4.74 Å². The first kappa shape index (κ1) is 37.3. The molecule has 0 saturated carbocycles. The largest absolute Gasteiger partial charge is 0.396 e. The van der Waals surface area contributed by atoms with E-state index in [0.717, 1.165) is 0 Å². The van der Waals surface area contributed by atoms with Gasteiger partial charge in [0.05, 0.1) is 65.1 Å². The molecule has 0 aliphatic heterocycles. The average Bonchev–Trinajstić information content (AvgIpc) is 2.70. The Morgan fingerprint density at radius 2 is 1.00 bits per heavy atom. The van der Waals surface area contributed by atoms with Gasteiger partial charge in [-0.3, -0.25) is 0 Å². The molecule has 2 atom stereocenters. The van der Waals surface area contributed by atoms with Gasteiger partial charge in [0, 0.05) is 13.2 Å². The van der Waals surface area contributed by atoms with Gasteiger partial charge in [0.2, 0.25) is 0 Å². The third kappa shape index (κ3) is 89.9. The van der Waals surface area contributed by atoms with Crippen LogP contribution in [0.1, 0.15) is 26.7 Å². The molecule has 0 spiro atoms. The Hall–Kier alpha value is -0.440. The van der Waals surface area contributed by atoms with Crippen LogP contribution in [0.5, 0.6) is 0 Å². The summed E-state index contributed by atoms with van der Waals surface area (Å²) >= 11 is 0. The fourth-order valence-corrected chi connectivity index (χ4v) is 0.431. The molecular formula is C16H42O11. The predicted octanol–water partition coefficient (Wildman–Crippen LogP) is -3.57. The van der Waals surface area contributed by atoms with Crippen LogP contribution in [0.15, 0.2) is 0 Å². The molecule has 0 bridgehead atoms. The van der Waals surface area contributed by atoms with Gasteiger partial charge in [0.15, 0.2) is 0 Å². The molecule has 0 rings (SSSR count). The van der Waals surface area contributed by atoms with Crippen LogP contribution in [0, 0.1) is 0 Å². The van der Waals surface area contributed by atoms with Gasteiger partial charge >= 0.3 is 0 Å². The highest BCUT2D eigenvalue weighted by atomic mass is 16.5. The van der Waals surface area contributed by atoms with E-state index in [4.69, 9.17) is 51.1 Å². The highest BCUT2D eigenvalue weighted by Crippen LogP contribution is 1.83. The Bertz CT molecular complexity index is 174. The lowest BCUT2D eigenvalue weighted by Gasteiger charge is -1.97. The highest BCUT2D eigenvalue weighted by Gasteiger charge is 1.92. The number of rotatable bonds is 10. The summed E-state index contributed by atoms with van der Waals surface area (Å²) < 4.78 is 4.63. The van der Waals surface area contributed by atoms with Crippen molar-refractivity contribution in [3.8, 4) is 0 Å². The zero-order valence-electron chi connectivity index (χ0n) is 16.5. The molecule has 172 valence electrons. The summed E-state index contributed by atoms with van der Waals surface area (Å²) in [5.74, 6) is 0. The minimum absolute atomic E-state index is 0.0278. The maximum absolute atomic E-state index is 8.42. The van der Waals surface area contributed by atoms with Crippen LogP contribution < -0.4 is 0 Å². The zero-order valence-corrected chi connectivity index (χ0v) is 16.5. The van der Waals surface area contributed by atoms with Crippen LogP contribution in [0.3, 0.4) is 0 Å². The van der Waals surface area contributed by atoms with E-state index in [1.807, 2.05) is 6.92 Å². The summed E-state index contributed by atoms with van der Waals surface area (Å²) in [5.41, 5.74) is 0. The summed E-state index contributed by atoms with van der Waals surface area (Å²) in [6.45, 7) is 3.73. The molecule has 0 aromatic heterocycles. The summed E-state index contributed by atoms with van der Waals surface area (Å²) in [4.78, 5) is 0. The van der Waals surface area contributed by atoms with Gasteiger partial charge in [0.1, 0.15) is 0 Å². The Kier molecular flexibility index (Phi) is 61.9. The SMILES string of the molecule is CC(O)CO.CCC(O)CO.OCCCO.OCCO.OCCOCCO. The normalized spacial score (nSPS) is 11.1. The van der Waals surface area contributed by atoms with Gasteiger partial charge in [0.25, 0.3) is 0 Å². The van der Waals surface area contributed by atoms with Gasteiger partial charge in [-0.05, 0) is 19.8 Å². The van der Waals surface area contributed by atoms with Crippen LogP contribution in [0.25, 0.3) is 0 Å². The van der Waals surface area contributed by atoms with E-state index in [9.17, 15) is 0 Å². The molecule has 0 radical (unpaired) electrons. The molecule has 2 unspecified atom stereocenters. The van der Waals surface area contributed by atoms with E-state index < -0.39 is 12.2 Å². The van der Waals surface area contributed by atoms with Gasteiger partial charge < -0.3 is 55.8 Å². The van der Waals surface area contributed by atoms with Crippen LogP contribution in [-0.4, -0.2) is 129 Å². The number of hydrogen-bond donors (Lipinski definition) is 10. The lowest BCUT2D eigenvalue weighted by Crippen LogP contribution is -2.08. The lowest BCUT2D eigenvalue weighted by atomic mass is 10.3. The molecule has 0 aliphatic rings. The average molecular weight is 411 g/mol. The van der Waals surface area contributed by atoms with Gasteiger partial charge in [-0.1, -0.05) is 6.92 Å². The zero-order chi connectivity index (χ0) is 22.3. The molecule has 27 heavy (non-hydrogen) atoms. The lowest BCUT2D eigenvalue weighted by molar-refractivity contribution is 0.0650. The van der Waals surface area contributed by atoms with Gasteiger partial charge in [-0.25, -0.2) is 0 Å². The van der Waals surface area contributed by atoms with Crippen molar-refractivity contribution in [1.82, 2.24) is 0 Å². The molecule has 0 fully saturated rings. The molecule has 0 aliphatic carbocycles. The van der Waals surface area contributed by atoms with Crippen molar-refractivity contribution in [2.75, 3.05) is 66.1 Å². The maximum Gasteiger partial charge on any atom is 0.0768 e. The van der Waals surface area contributed by atoms with Gasteiger partial charge in [-0.2, -0.15) is 0 Å². The van der Waals surface area contributed by atoms with Crippen molar-refractivity contribution >= 4 is 0 Å². The van der Waals surface area contributed by atoms with Gasteiger partial charge in [-0.15, -0.1) is 0 Å². The molecule has 0 aromatic rings. The van der Waals surface area contributed by atoms with E-state index in [1.54, 1.807) is 0 Å². The predicted molar refractivity (Wildman–Crippen MR) is 100 cm³/mol. The second-order valence-electron chi connectivity index (χ2n) is 4.58. The van der Waals surface area contributed by atoms with E-state index >= 15 is 0 Å². The van der Waals surface area contributed by atoms with Crippen molar-refractivity contribution < 1.29 is 55.8 Å². The Balaban J connectivity index is -0.0000000757. The van der Waals surface area contributed by atoms with E-state index in [2.05, 4.69) is 4.74 Å². The van der Waals surface area contributed by atoms with Crippen LogP contribution in [0.2, 0.25) is 0 Å². The molecule has 0 amide bonds. The monoisotopic (exact) mass is 410 g/mol. The molecule has 11 nitrogen and oxygen atoms in total. The number of aliphatic hydroxyl groups excluding tert-OH is 10. The van der Waals surface area contributed by atoms with Crippen molar-refractivity contribution in [3.63, 3.8) is 0 Å². The first-order chi connectivity index (χ1) is 12.8. The van der Waals surface area contributed by atoms with E-state index in [0.29, 0.717) is 26.1 Å². The standard InChI is InChI=1S/C4H10O3.C4H10O2.2C3H8O2.C2H6O2/c5-1-3-7-4-2-6;1-2-4(6)3-5;1-3(5)2-4;4-2-1-3-5;3-1-2-4/h5-6H,1-4H2;4-6H,2-3H2,1H3;3-5H,2H2,1H3;4-5H,1-3H2;3-4H,1-2H2. The Labute approximate surface area is 161 Å². The van der Waals surface area contributed by atoms with E-state index in [-0.39, 0.29) is 52.9 Å².